The monoisotopic (exact) mass is 510 g/mol. The van der Waals surface area contributed by atoms with Gasteiger partial charge in [0.2, 0.25) is 0 Å². The van der Waals surface area contributed by atoms with Gasteiger partial charge >= 0.3 is 5.97 Å². The molecule has 2 amide bonds. The third-order valence-electron chi connectivity index (χ3n) is 5.11. The Balaban J connectivity index is 1.78. The van der Waals surface area contributed by atoms with Crippen LogP contribution in [-0.2, 0) is 14.3 Å². The zero-order valence-corrected chi connectivity index (χ0v) is 20.4. The molecule has 1 N–H and O–H groups in total. The lowest BCUT2D eigenvalue weighted by atomic mass is 10.1. The maximum absolute atomic E-state index is 13.7. The molecule has 35 heavy (non-hydrogen) atoms. The quantitative estimate of drug-likeness (QED) is 0.312. The van der Waals surface area contributed by atoms with Crippen molar-refractivity contribution >= 4 is 52.5 Å². The van der Waals surface area contributed by atoms with Crippen molar-refractivity contribution in [2.45, 2.75) is 18.7 Å². The Morgan fingerprint density at radius 1 is 1.06 bits per heavy atom. The van der Waals surface area contributed by atoms with Crippen molar-refractivity contribution in [1.29, 1.82) is 0 Å². The molecule has 0 saturated carbocycles. The fraction of sp³-hybridized carbons (Fsp3) is 0.115. The van der Waals surface area contributed by atoms with E-state index in [-0.39, 0.29) is 33.5 Å². The largest absolute Gasteiger partial charge is 0.462 e. The number of thioether (sulfide) groups is 1. The summed E-state index contributed by atoms with van der Waals surface area (Å²) in [5.74, 6) is -2.53. The van der Waals surface area contributed by atoms with Crippen LogP contribution < -0.4 is 10.2 Å². The Kier molecular flexibility index (Phi) is 7.23. The number of carbonyl (C=O) groups excluding carboxylic acids is 3. The van der Waals surface area contributed by atoms with Crippen LogP contribution in [0.1, 0.15) is 22.8 Å². The molecule has 0 bridgehead atoms. The molecule has 1 aliphatic heterocycles. The second-order valence-electron chi connectivity index (χ2n) is 7.56. The predicted molar refractivity (Wildman–Crippen MR) is 134 cm³/mol. The van der Waals surface area contributed by atoms with Crippen molar-refractivity contribution in [3.8, 4) is 0 Å². The van der Waals surface area contributed by atoms with Gasteiger partial charge in [0.25, 0.3) is 11.8 Å². The minimum absolute atomic E-state index is 0.0121. The molecule has 1 heterocycles. The summed E-state index contributed by atoms with van der Waals surface area (Å²) in [7, 11) is 0. The van der Waals surface area contributed by atoms with Crippen molar-refractivity contribution in [3.63, 3.8) is 0 Å². The van der Waals surface area contributed by atoms with E-state index >= 15 is 0 Å². The number of esters is 1. The van der Waals surface area contributed by atoms with Gasteiger partial charge in [-0.1, -0.05) is 53.2 Å². The molecular formula is C26H20ClFN2O4S. The summed E-state index contributed by atoms with van der Waals surface area (Å²) in [5.41, 5.74) is 1.55. The maximum Gasteiger partial charge on any atom is 0.340 e. The molecule has 6 nitrogen and oxygen atoms in total. The first-order chi connectivity index (χ1) is 16.8. The van der Waals surface area contributed by atoms with E-state index in [4.69, 9.17) is 16.3 Å². The highest BCUT2D eigenvalue weighted by Crippen LogP contribution is 2.39. The van der Waals surface area contributed by atoms with E-state index in [1.807, 2.05) is 31.2 Å². The number of nitrogens with one attached hydrogen (secondary N) is 1. The highest BCUT2D eigenvalue weighted by Gasteiger charge is 2.41. The standard InChI is InChI=1S/C26H20ClFN2O4S/c1-3-34-26(33)18-6-4-5-7-21(18)30-24(31)22(29-16-10-13-20(28)19(27)14-16)23(25(30)32)35-17-11-8-15(2)9-12-17/h4-14,29H,3H2,1-2H3. The van der Waals surface area contributed by atoms with Crippen molar-refractivity contribution in [3.05, 3.63) is 99.3 Å². The number of ether oxygens (including phenoxy) is 1. The summed E-state index contributed by atoms with van der Waals surface area (Å²) in [6.07, 6.45) is 0. The zero-order chi connectivity index (χ0) is 25.1. The Bertz CT molecular complexity index is 1360. The van der Waals surface area contributed by atoms with Crippen LogP contribution in [0.2, 0.25) is 5.02 Å². The van der Waals surface area contributed by atoms with Crippen LogP contribution in [-0.4, -0.2) is 24.4 Å². The van der Waals surface area contributed by atoms with Gasteiger partial charge in [-0.2, -0.15) is 0 Å². The summed E-state index contributed by atoms with van der Waals surface area (Å²) in [6.45, 7) is 3.75. The molecular weight excluding hydrogens is 491 g/mol. The number of halogens is 2. The fourth-order valence-corrected chi connectivity index (χ4v) is 4.53. The highest BCUT2D eigenvalue weighted by molar-refractivity contribution is 8.04. The van der Waals surface area contributed by atoms with Gasteiger partial charge in [-0.15, -0.1) is 0 Å². The smallest absolute Gasteiger partial charge is 0.340 e. The molecule has 0 fully saturated rings. The third kappa shape index (κ3) is 5.08. The van der Waals surface area contributed by atoms with Gasteiger partial charge in [0.15, 0.2) is 0 Å². The van der Waals surface area contributed by atoms with E-state index in [2.05, 4.69) is 5.32 Å². The number of benzene rings is 3. The molecule has 0 saturated heterocycles. The molecule has 0 spiro atoms. The highest BCUT2D eigenvalue weighted by atomic mass is 35.5. The summed E-state index contributed by atoms with van der Waals surface area (Å²) < 4.78 is 18.8. The fourth-order valence-electron chi connectivity index (χ4n) is 3.43. The molecule has 0 atom stereocenters. The topological polar surface area (TPSA) is 75.7 Å². The lowest BCUT2D eigenvalue weighted by molar-refractivity contribution is -0.120. The minimum Gasteiger partial charge on any atom is -0.462 e. The Labute approximate surface area is 210 Å². The summed E-state index contributed by atoms with van der Waals surface area (Å²) in [6, 6.07) is 17.6. The summed E-state index contributed by atoms with van der Waals surface area (Å²) >= 11 is 7.02. The Morgan fingerprint density at radius 2 is 1.77 bits per heavy atom. The van der Waals surface area contributed by atoms with E-state index < -0.39 is 23.6 Å². The van der Waals surface area contributed by atoms with Gasteiger partial charge < -0.3 is 10.1 Å². The van der Waals surface area contributed by atoms with E-state index in [0.717, 1.165) is 33.2 Å². The zero-order valence-electron chi connectivity index (χ0n) is 18.8. The molecule has 0 aromatic heterocycles. The van der Waals surface area contributed by atoms with Crippen LogP contribution in [0, 0.1) is 12.7 Å². The van der Waals surface area contributed by atoms with E-state index in [0.29, 0.717) is 5.69 Å². The molecule has 3 aromatic carbocycles. The Morgan fingerprint density at radius 3 is 2.46 bits per heavy atom. The molecule has 4 rings (SSSR count). The molecule has 9 heteroatoms. The van der Waals surface area contributed by atoms with Crippen LogP contribution in [0.5, 0.6) is 0 Å². The molecule has 3 aromatic rings. The average Bonchev–Trinajstić information content (AvgIpc) is 3.06. The van der Waals surface area contributed by atoms with Crippen molar-refractivity contribution in [2.75, 3.05) is 16.8 Å². The summed E-state index contributed by atoms with van der Waals surface area (Å²) in [4.78, 5) is 41.5. The molecule has 0 unspecified atom stereocenters. The van der Waals surface area contributed by atoms with Crippen LogP contribution in [0.25, 0.3) is 0 Å². The van der Waals surface area contributed by atoms with Crippen LogP contribution in [0.4, 0.5) is 15.8 Å². The third-order valence-corrected chi connectivity index (χ3v) is 6.49. The molecule has 0 aliphatic carbocycles. The first-order valence-corrected chi connectivity index (χ1v) is 11.9. The van der Waals surface area contributed by atoms with Gasteiger partial charge in [-0.25, -0.2) is 14.1 Å². The number of carbonyl (C=O) groups is 3. The second-order valence-corrected chi connectivity index (χ2v) is 9.05. The van der Waals surface area contributed by atoms with E-state index in [1.54, 1.807) is 19.1 Å². The van der Waals surface area contributed by atoms with Crippen molar-refractivity contribution < 1.29 is 23.5 Å². The number of hydrogen-bond donors (Lipinski definition) is 1. The van der Waals surface area contributed by atoms with Crippen molar-refractivity contribution in [2.24, 2.45) is 0 Å². The van der Waals surface area contributed by atoms with Gasteiger partial charge in [-0.05, 0) is 56.3 Å². The van der Waals surface area contributed by atoms with Crippen LogP contribution >= 0.6 is 23.4 Å². The minimum atomic E-state index is -0.665. The van der Waals surface area contributed by atoms with Gasteiger partial charge in [0.05, 0.1) is 22.9 Å². The molecule has 0 radical (unpaired) electrons. The Hall–Kier alpha value is -3.62. The van der Waals surface area contributed by atoms with E-state index in [1.165, 1.54) is 24.3 Å². The second kappa shape index (κ2) is 10.3. The number of amides is 2. The van der Waals surface area contributed by atoms with Crippen LogP contribution in [0.3, 0.4) is 0 Å². The predicted octanol–water partition coefficient (Wildman–Crippen LogP) is 5.95. The van der Waals surface area contributed by atoms with Gasteiger partial charge in [0, 0.05) is 10.6 Å². The lowest BCUT2D eigenvalue weighted by Gasteiger charge is -2.18. The SMILES string of the molecule is CCOC(=O)c1ccccc1N1C(=O)C(Nc2ccc(F)c(Cl)c2)=C(Sc2ccc(C)cc2)C1=O. The molecule has 1 aliphatic rings. The first kappa shape index (κ1) is 24.5. The number of rotatable bonds is 7. The number of nitrogens with zero attached hydrogens (tertiary/aromatic N) is 1. The van der Waals surface area contributed by atoms with Gasteiger partial charge in [-0.3, -0.25) is 9.59 Å². The number of para-hydroxylation sites is 1. The first-order valence-electron chi connectivity index (χ1n) is 10.7. The molecule has 178 valence electrons. The maximum atomic E-state index is 13.7. The number of imide groups is 1. The van der Waals surface area contributed by atoms with E-state index in [9.17, 15) is 18.8 Å². The number of aryl methyl sites for hydroxylation is 1. The van der Waals surface area contributed by atoms with Gasteiger partial charge in [0.1, 0.15) is 16.4 Å². The average molecular weight is 511 g/mol. The lowest BCUT2D eigenvalue weighted by Crippen LogP contribution is -2.33. The van der Waals surface area contributed by atoms with Crippen LogP contribution in [0.15, 0.2) is 82.2 Å². The number of anilines is 2. The normalized spacial score (nSPS) is 13.4. The van der Waals surface area contributed by atoms with Crippen molar-refractivity contribution in [1.82, 2.24) is 0 Å². The summed E-state index contributed by atoms with van der Waals surface area (Å²) in [5, 5.41) is 2.79. The number of hydrogen-bond acceptors (Lipinski definition) is 6.